The summed E-state index contributed by atoms with van der Waals surface area (Å²) in [6, 6.07) is 6.33. The molecule has 124 valence electrons. The fourth-order valence-electron chi connectivity index (χ4n) is 2.41. The minimum absolute atomic E-state index is 0.0893. The van der Waals surface area contributed by atoms with E-state index in [9.17, 15) is 9.59 Å². The normalized spacial score (nSPS) is 13.5. The Morgan fingerprint density at radius 2 is 1.75 bits per heavy atom. The van der Waals surface area contributed by atoms with Gasteiger partial charge in [-0.05, 0) is 42.5 Å². The SMILES string of the molecule is O=C(Cc1ccc(C(=O)O)cc1)NCCc1cnc(C2CC2)nc1. The van der Waals surface area contributed by atoms with Crippen LogP contribution in [0.1, 0.15) is 46.1 Å². The standard InChI is InChI=1S/C18H19N3O3/c22-16(9-12-1-3-15(4-2-12)18(23)24)19-8-7-13-10-20-17(21-11-13)14-5-6-14/h1-4,10-11,14H,5-9H2,(H,19,22)(H,23,24). The van der Waals surface area contributed by atoms with Gasteiger partial charge >= 0.3 is 5.97 Å². The Kier molecular flexibility index (Phi) is 4.84. The number of aromatic carboxylic acids is 1. The second-order valence-electron chi connectivity index (χ2n) is 6.00. The molecule has 1 heterocycles. The number of nitrogens with zero attached hydrogens (tertiary/aromatic N) is 2. The lowest BCUT2D eigenvalue weighted by Gasteiger charge is -2.06. The molecule has 0 aliphatic heterocycles. The van der Waals surface area contributed by atoms with Crippen LogP contribution in [-0.2, 0) is 17.6 Å². The maximum atomic E-state index is 11.9. The van der Waals surface area contributed by atoms with Crippen molar-refractivity contribution in [3.63, 3.8) is 0 Å². The first-order valence-electron chi connectivity index (χ1n) is 8.01. The number of hydrogen-bond acceptors (Lipinski definition) is 4. The Morgan fingerprint density at radius 3 is 2.33 bits per heavy atom. The number of carbonyl (C=O) groups is 2. The van der Waals surface area contributed by atoms with E-state index in [0.29, 0.717) is 18.9 Å². The summed E-state index contributed by atoms with van der Waals surface area (Å²) >= 11 is 0. The van der Waals surface area contributed by atoms with Crippen LogP contribution in [0.2, 0.25) is 0 Å². The molecule has 1 aromatic carbocycles. The number of rotatable bonds is 7. The summed E-state index contributed by atoms with van der Waals surface area (Å²) in [4.78, 5) is 31.4. The van der Waals surface area contributed by atoms with E-state index in [1.165, 1.54) is 25.0 Å². The van der Waals surface area contributed by atoms with Crippen LogP contribution < -0.4 is 5.32 Å². The Labute approximate surface area is 140 Å². The molecule has 1 aliphatic carbocycles. The largest absolute Gasteiger partial charge is 0.478 e. The van der Waals surface area contributed by atoms with Gasteiger partial charge in [0, 0.05) is 24.9 Å². The van der Waals surface area contributed by atoms with E-state index in [1.807, 2.05) is 12.4 Å². The van der Waals surface area contributed by atoms with Gasteiger partial charge in [-0.2, -0.15) is 0 Å². The van der Waals surface area contributed by atoms with Gasteiger partial charge in [0.15, 0.2) is 0 Å². The molecule has 1 amide bonds. The van der Waals surface area contributed by atoms with E-state index in [1.54, 1.807) is 12.1 Å². The third-order valence-electron chi connectivity index (χ3n) is 3.97. The number of carboxylic acid groups (broad SMARTS) is 1. The summed E-state index contributed by atoms with van der Waals surface area (Å²) in [5.41, 5.74) is 2.01. The van der Waals surface area contributed by atoms with E-state index in [2.05, 4.69) is 15.3 Å². The molecule has 6 nitrogen and oxygen atoms in total. The van der Waals surface area contributed by atoms with E-state index in [0.717, 1.165) is 17.0 Å². The molecule has 0 radical (unpaired) electrons. The maximum Gasteiger partial charge on any atom is 0.335 e. The van der Waals surface area contributed by atoms with Crippen LogP contribution >= 0.6 is 0 Å². The van der Waals surface area contributed by atoms with E-state index in [4.69, 9.17) is 5.11 Å². The Bertz CT molecular complexity index is 722. The molecule has 0 bridgehead atoms. The van der Waals surface area contributed by atoms with Gasteiger partial charge in [0.1, 0.15) is 5.82 Å². The molecule has 1 saturated carbocycles. The average Bonchev–Trinajstić information content (AvgIpc) is 3.41. The Balaban J connectivity index is 1.42. The molecule has 0 unspecified atom stereocenters. The minimum atomic E-state index is -0.971. The Hall–Kier alpha value is -2.76. The summed E-state index contributed by atoms with van der Waals surface area (Å²) in [5, 5.41) is 11.7. The van der Waals surface area contributed by atoms with Crippen LogP contribution in [0, 0.1) is 0 Å². The lowest BCUT2D eigenvalue weighted by molar-refractivity contribution is -0.120. The number of carbonyl (C=O) groups excluding carboxylic acids is 1. The quantitative estimate of drug-likeness (QED) is 0.812. The zero-order valence-electron chi connectivity index (χ0n) is 13.2. The van der Waals surface area contributed by atoms with Gasteiger partial charge in [0.2, 0.25) is 5.91 Å². The van der Waals surface area contributed by atoms with Crippen molar-refractivity contribution >= 4 is 11.9 Å². The number of carboxylic acids is 1. The van der Waals surface area contributed by atoms with Gasteiger partial charge in [-0.3, -0.25) is 4.79 Å². The molecular formula is C18H19N3O3. The monoisotopic (exact) mass is 325 g/mol. The zero-order valence-corrected chi connectivity index (χ0v) is 13.2. The van der Waals surface area contributed by atoms with Crippen molar-refractivity contribution in [2.45, 2.75) is 31.6 Å². The molecule has 1 fully saturated rings. The van der Waals surface area contributed by atoms with Crippen LogP contribution in [0.5, 0.6) is 0 Å². The fourth-order valence-corrected chi connectivity index (χ4v) is 2.41. The van der Waals surface area contributed by atoms with Gasteiger partial charge in [0.05, 0.1) is 12.0 Å². The molecule has 3 rings (SSSR count). The molecule has 1 aliphatic rings. The highest BCUT2D eigenvalue weighted by atomic mass is 16.4. The first kappa shape index (κ1) is 16.1. The second-order valence-corrected chi connectivity index (χ2v) is 6.00. The van der Waals surface area contributed by atoms with Crippen molar-refractivity contribution in [3.8, 4) is 0 Å². The highest BCUT2D eigenvalue weighted by Crippen LogP contribution is 2.37. The van der Waals surface area contributed by atoms with Crippen molar-refractivity contribution in [2.24, 2.45) is 0 Å². The van der Waals surface area contributed by atoms with Crippen molar-refractivity contribution in [3.05, 3.63) is 59.2 Å². The van der Waals surface area contributed by atoms with Gasteiger partial charge < -0.3 is 10.4 Å². The van der Waals surface area contributed by atoms with Gasteiger partial charge in [-0.15, -0.1) is 0 Å². The van der Waals surface area contributed by atoms with Crippen molar-refractivity contribution < 1.29 is 14.7 Å². The van der Waals surface area contributed by atoms with E-state index < -0.39 is 5.97 Å². The first-order valence-corrected chi connectivity index (χ1v) is 8.01. The smallest absolute Gasteiger partial charge is 0.335 e. The lowest BCUT2D eigenvalue weighted by Crippen LogP contribution is -2.27. The molecule has 6 heteroatoms. The predicted molar refractivity (Wildman–Crippen MR) is 87.8 cm³/mol. The Morgan fingerprint density at radius 1 is 1.08 bits per heavy atom. The van der Waals surface area contributed by atoms with Crippen LogP contribution in [0.3, 0.4) is 0 Å². The third-order valence-corrected chi connectivity index (χ3v) is 3.97. The zero-order chi connectivity index (χ0) is 16.9. The highest BCUT2D eigenvalue weighted by Gasteiger charge is 2.25. The van der Waals surface area contributed by atoms with Crippen molar-refractivity contribution in [2.75, 3.05) is 6.54 Å². The van der Waals surface area contributed by atoms with E-state index in [-0.39, 0.29) is 17.9 Å². The van der Waals surface area contributed by atoms with Crippen LogP contribution in [0.15, 0.2) is 36.7 Å². The van der Waals surface area contributed by atoms with Gasteiger partial charge in [-0.25, -0.2) is 14.8 Å². The summed E-state index contributed by atoms with van der Waals surface area (Å²) in [7, 11) is 0. The van der Waals surface area contributed by atoms with Crippen LogP contribution in [0.25, 0.3) is 0 Å². The fraction of sp³-hybridized carbons (Fsp3) is 0.333. The number of amides is 1. The molecular weight excluding hydrogens is 306 g/mol. The summed E-state index contributed by atoms with van der Waals surface area (Å²) in [6.45, 7) is 0.526. The summed E-state index contributed by atoms with van der Waals surface area (Å²) in [6.07, 6.45) is 6.95. The maximum absolute atomic E-state index is 11.9. The third kappa shape index (κ3) is 4.38. The van der Waals surface area contributed by atoms with Crippen molar-refractivity contribution in [1.82, 2.24) is 15.3 Å². The number of aromatic nitrogens is 2. The summed E-state index contributed by atoms with van der Waals surface area (Å²) in [5.74, 6) is 0.411. The first-order chi connectivity index (χ1) is 11.6. The van der Waals surface area contributed by atoms with Crippen molar-refractivity contribution in [1.29, 1.82) is 0 Å². The molecule has 24 heavy (non-hydrogen) atoms. The van der Waals surface area contributed by atoms with E-state index >= 15 is 0 Å². The number of hydrogen-bond donors (Lipinski definition) is 2. The summed E-state index contributed by atoms with van der Waals surface area (Å²) < 4.78 is 0. The van der Waals surface area contributed by atoms with Crippen LogP contribution in [-0.4, -0.2) is 33.5 Å². The molecule has 2 aromatic rings. The minimum Gasteiger partial charge on any atom is -0.478 e. The number of nitrogens with one attached hydrogen (secondary N) is 1. The second kappa shape index (κ2) is 7.21. The van der Waals surface area contributed by atoms with Gasteiger partial charge in [-0.1, -0.05) is 12.1 Å². The highest BCUT2D eigenvalue weighted by molar-refractivity contribution is 5.87. The average molecular weight is 325 g/mol. The lowest BCUT2D eigenvalue weighted by atomic mass is 10.1. The predicted octanol–water partition coefficient (Wildman–Crippen LogP) is 1.95. The number of benzene rings is 1. The molecule has 1 aromatic heterocycles. The molecule has 0 saturated heterocycles. The van der Waals surface area contributed by atoms with Gasteiger partial charge in [0.25, 0.3) is 0 Å². The topological polar surface area (TPSA) is 92.2 Å². The molecule has 0 atom stereocenters. The molecule has 0 spiro atoms. The molecule has 2 N–H and O–H groups in total. The van der Waals surface area contributed by atoms with Crippen LogP contribution in [0.4, 0.5) is 0 Å².